The predicted molar refractivity (Wildman–Crippen MR) is 67.1 cm³/mol. The summed E-state index contributed by atoms with van der Waals surface area (Å²) in [7, 11) is 0. The third-order valence-electron chi connectivity index (χ3n) is 3.49. The minimum atomic E-state index is -0.780. The molecule has 2 N–H and O–H groups in total. The van der Waals surface area contributed by atoms with Crippen LogP contribution < -0.4 is 0 Å². The number of unbranched alkanes of at least 4 members (excludes halogenated alkanes) is 3. The van der Waals surface area contributed by atoms with Gasteiger partial charge in [-0.15, -0.1) is 0 Å². The van der Waals surface area contributed by atoms with Gasteiger partial charge in [0.1, 0.15) is 18.3 Å². The first kappa shape index (κ1) is 13.5. The molecule has 0 aromatic rings. The van der Waals surface area contributed by atoms with Crippen molar-refractivity contribution in [3.8, 4) is 0 Å². The first-order valence-electron chi connectivity index (χ1n) is 6.58. The SMILES string of the molecule is CCCCC/C=C/C1=C(CO)C(=O)C2OC2C1O. The summed E-state index contributed by atoms with van der Waals surface area (Å²) in [5.74, 6) is -0.180. The van der Waals surface area contributed by atoms with E-state index in [1.54, 1.807) is 6.08 Å². The number of epoxide rings is 1. The summed E-state index contributed by atoms with van der Waals surface area (Å²) in [5.41, 5.74) is 0.825. The normalized spacial score (nSPS) is 31.1. The second-order valence-corrected chi connectivity index (χ2v) is 4.82. The number of rotatable bonds is 6. The highest BCUT2D eigenvalue weighted by molar-refractivity contribution is 6.03. The van der Waals surface area contributed by atoms with E-state index in [0.717, 1.165) is 19.3 Å². The minimum Gasteiger partial charge on any atom is -0.392 e. The molecule has 100 valence electrons. The van der Waals surface area contributed by atoms with E-state index >= 15 is 0 Å². The van der Waals surface area contributed by atoms with Gasteiger partial charge in [0.25, 0.3) is 0 Å². The summed E-state index contributed by atoms with van der Waals surface area (Å²) >= 11 is 0. The quantitative estimate of drug-likeness (QED) is 0.549. The Kier molecular flexibility index (Phi) is 4.32. The number of carbonyl (C=O) groups is 1. The molecule has 3 unspecified atom stereocenters. The molecule has 2 aliphatic rings. The highest BCUT2D eigenvalue weighted by atomic mass is 16.6. The van der Waals surface area contributed by atoms with Crippen LogP contribution in [0.5, 0.6) is 0 Å². The molecule has 2 rings (SSSR count). The van der Waals surface area contributed by atoms with Crippen molar-refractivity contribution in [3.63, 3.8) is 0 Å². The molecule has 18 heavy (non-hydrogen) atoms. The number of ketones is 1. The van der Waals surface area contributed by atoms with Crippen molar-refractivity contribution in [1.82, 2.24) is 0 Å². The summed E-state index contributed by atoms with van der Waals surface area (Å²) < 4.78 is 5.12. The molecule has 0 bridgehead atoms. The third-order valence-corrected chi connectivity index (χ3v) is 3.49. The number of aliphatic hydroxyl groups excluding tert-OH is 2. The van der Waals surface area contributed by atoms with Crippen LogP contribution in [0.4, 0.5) is 0 Å². The molecule has 1 aliphatic heterocycles. The number of ether oxygens (including phenoxy) is 1. The molecule has 0 saturated carbocycles. The third kappa shape index (κ3) is 2.55. The summed E-state index contributed by atoms with van der Waals surface area (Å²) in [6.45, 7) is 1.81. The fourth-order valence-corrected chi connectivity index (χ4v) is 2.34. The molecule has 1 saturated heterocycles. The van der Waals surface area contributed by atoms with Crippen LogP contribution in [-0.4, -0.2) is 40.9 Å². The van der Waals surface area contributed by atoms with Gasteiger partial charge in [0.15, 0.2) is 5.78 Å². The zero-order valence-electron chi connectivity index (χ0n) is 10.6. The van der Waals surface area contributed by atoms with E-state index < -0.39 is 18.3 Å². The van der Waals surface area contributed by atoms with Crippen molar-refractivity contribution in [2.45, 2.75) is 50.9 Å². The second-order valence-electron chi connectivity index (χ2n) is 4.82. The molecule has 0 amide bonds. The van der Waals surface area contributed by atoms with Crippen molar-refractivity contribution < 1.29 is 19.7 Å². The second kappa shape index (κ2) is 5.78. The zero-order valence-corrected chi connectivity index (χ0v) is 10.6. The topological polar surface area (TPSA) is 70.1 Å². The maximum absolute atomic E-state index is 11.8. The zero-order chi connectivity index (χ0) is 13.1. The maximum atomic E-state index is 11.8. The molecule has 1 heterocycles. The predicted octanol–water partition coefficient (Wildman–Crippen LogP) is 1.12. The van der Waals surface area contributed by atoms with Crippen LogP contribution in [0.25, 0.3) is 0 Å². The Morgan fingerprint density at radius 3 is 2.83 bits per heavy atom. The molecule has 1 aliphatic carbocycles. The number of aliphatic hydroxyl groups is 2. The van der Waals surface area contributed by atoms with E-state index in [0.29, 0.717) is 11.1 Å². The van der Waals surface area contributed by atoms with Crippen LogP contribution in [0.3, 0.4) is 0 Å². The molecule has 4 heteroatoms. The van der Waals surface area contributed by atoms with Gasteiger partial charge in [-0.1, -0.05) is 31.9 Å². The maximum Gasteiger partial charge on any atom is 0.193 e. The van der Waals surface area contributed by atoms with Crippen LogP contribution in [-0.2, 0) is 9.53 Å². The fourth-order valence-electron chi connectivity index (χ4n) is 2.34. The molecule has 4 nitrogen and oxygen atoms in total. The summed E-state index contributed by atoms with van der Waals surface area (Å²) in [6.07, 6.45) is 6.37. The average molecular weight is 252 g/mol. The van der Waals surface area contributed by atoms with Gasteiger partial charge < -0.3 is 14.9 Å². The van der Waals surface area contributed by atoms with Gasteiger partial charge in [0.05, 0.1) is 6.61 Å². The van der Waals surface area contributed by atoms with E-state index in [-0.39, 0.29) is 12.4 Å². The van der Waals surface area contributed by atoms with Gasteiger partial charge in [-0.05, 0) is 18.4 Å². The van der Waals surface area contributed by atoms with Gasteiger partial charge in [-0.2, -0.15) is 0 Å². The lowest BCUT2D eigenvalue weighted by Gasteiger charge is -2.17. The van der Waals surface area contributed by atoms with Crippen molar-refractivity contribution in [1.29, 1.82) is 0 Å². The Balaban J connectivity index is 2.05. The molecule has 3 atom stereocenters. The number of carbonyl (C=O) groups excluding carboxylic acids is 1. The first-order chi connectivity index (χ1) is 8.70. The number of fused-ring (bicyclic) bond motifs is 1. The Bertz CT molecular complexity index is 383. The van der Waals surface area contributed by atoms with Crippen molar-refractivity contribution in [2.24, 2.45) is 0 Å². The fraction of sp³-hybridized carbons (Fsp3) is 0.643. The van der Waals surface area contributed by atoms with Gasteiger partial charge >= 0.3 is 0 Å². The van der Waals surface area contributed by atoms with Gasteiger partial charge in [-0.3, -0.25) is 4.79 Å². The lowest BCUT2D eigenvalue weighted by atomic mass is 9.88. The number of Topliss-reactive ketones (excluding diaryl/α,β-unsaturated/α-hetero) is 1. The molecule has 0 aromatic carbocycles. The van der Waals surface area contributed by atoms with Gasteiger partial charge in [0, 0.05) is 5.57 Å². The molecular weight excluding hydrogens is 232 g/mol. The average Bonchev–Trinajstić information content (AvgIpc) is 3.15. The molecular formula is C14H20O4. The van der Waals surface area contributed by atoms with Crippen molar-refractivity contribution >= 4 is 5.78 Å². The van der Waals surface area contributed by atoms with Gasteiger partial charge in [0.2, 0.25) is 0 Å². The van der Waals surface area contributed by atoms with E-state index in [9.17, 15) is 15.0 Å². The van der Waals surface area contributed by atoms with Crippen LogP contribution in [0.2, 0.25) is 0 Å². The van der Waals surface area contributed by atoms with E-state index in [1.165, 1.54) is 6.42 Å². The van der Waals surface area contributed by atoms with Crippen LogP contribution >= 0.6 is 0 Å². The van der Waals surface area contributed by atoms with E-state index in [1.807, 2.05) is 6.08 Å². The monoisotopic (exact) mass is 252 g/mol. The minimum absolute atomic E-state index is 0.180. The van der Waals surface area contributed by atoms with Crippen LogP contribution in [0.1, 0.15) is 32.6 Å². The highest BCUT2D eigenvalue weighted by Crippen LogP contribution is 2.38. The standard InChI is InChI=1S/C14H20O4/c1-2-3-4-5-6-7-9-10(8-15)12(17)14-13(18-14)11(9)16/h6-7,11,13-16H,2-5,8H2,1H3/b7-6+. The summed E-state index contributed by atoms with van der Waals surface area (Å²) in [5, 5.41) is 19.3. The van der Waals surface area contributed by atoms with E-state index in [2.05, 4.69) is 6.92 Å². The number of hydrogen-bond donors (Lipinski definition) is 2. The number of hydrogen-bond acceptors (Lipinski definition) is 4. The first-order valence-corrected chi connectivity index (χ1v) is 6.58. The Labute approximate surface area is 107 Å². The van der Waals surface area contributed by atoms with Crippen LogP contribution in [0, 0.1) is 0 Å². The Morgan fingerprint density at radius 1 is 1.39 bits per heavy atom. The van der Waals surface area contributed by atoms with E-state index in [4.69, 9.17) is 4.74 Å². The molecule has 0 aromatic heterocycles. The smallest absolute Gasteiger partial charge is 0.193 e. The van der Waals surface area contributed by atoms with Crippen LogP contribution in [0.15, 0.2) is 23.3 Å². The largest absolute Gasteiger partial charge is 0.392 e. The molecule has 1 fully saturated rings. The number of allylic oxidation sites excluding steroid dienone is 1. The highest BCUT2D eigenvalue weighted by Gasteiger charge is 2.55. The molecule has 0 radical (unpaired) electrons. The van der Waals surface area contributed by atoms with Crippen molar-refractivity contribution in [3.05, 3.63) is 23.3 Å². The van der Waals surface area contributed by atoms with Crippen molar-refractivity contribution in [2.75, 3.05) is 6.61 Å². The lowest BCUT2D eigenvalue weighted by Crippen LogP contribution is -2.32. The Hall–Kier alpha value is -0.970. The summed E-state index contributed by atoms with van der Waals surface area (Å²) in [4.78, 5) is 11.8. The van der Waals surface area contributed by atoms with Gasteiger partial charge in [-0.25, -0.2) is 0 Å². The summed E-state index contributed by atoms with van der Waals surface area (Å²) in [6, 6.07) is 0. The lowest BCUT2D eigenvalue weighted by molar-refractivity contribution is -0.117. The Morgan fingerprint density at radius 2 is 2.17 bits per heavy atom. The molecule has 0 spiro atoms.